The number of aryl methyl sites for hydroxylation is 1. The molecule has 0 saturated carbocycles. The molecule has 1 aromatic heterocycles. The van der Waals surface area contributed by atoms with Crippen LogP contribution in [-0.2, 0) is 0 Å². The average Bonchev–Trinajstić information content (AvgIpc) is 2.89. The third-order valence-corrected chi connectivity index (χ3v) is 4.58. The van der Waals surface area contributed by atoms with Crippen LogP contribution in [0, 0.1) is 6.92 Å². The van der Waals surface area contributed by atoms with Gasteiger partial charge in [0.05, 0.1) is 0 Å². The van der Waals surface area contributed by atoms with Gasteiger partial charge in [-0.15, -0.1) is 0 Å². The number of fused-ring (bicyclic) bond motifs is 3. The van der Waals surface area contributed by atoms with Crippen LogP contribution < -0.4 is 0 Å². The lowest BCUT2D eigenvalue weighted by molar-refractivity contribution is 0.642. The fourth-order valence-electron chi connectivity index (χ4n) is 3.53. The zero-order chi connectivity index (χ0) is 16.0. The van der Waals surface area contributed by atoms with Crippen molar-refractivity contribution in [2.75, 3.05) is 0 Å². The van der Waals surface area contributed by atoms with Crippen LogP contribution >= 0.6 is 0 Å². The van der Waals surface area contributed by atoms with Crippen LogP contribution in [0.3, 0.4) is 0 Å². The average molecular weight is 299 g/mol. The number of benzene rings is 3. The first kappa shape index (κ1) is 14.1. The summed E-state index contributed by atoms with van der Waals surface area (Å²) in [6.45, 7) is 6.67. The predicted octanol–water partition coefficient (Wildman–Crippen LogP) is 6.35. The highest BCUT2D eigenvalue weighted by molar-refractivity contribution is 6.09. The molecule has 0 aliphatic rings. The van der Waals surface area contributed by atoms with Gasteiger partial charge in [0, 0.05) is 27.8 Å². The van der Waals surface area contributed by atoms with E-state index in [2.05, 4.69) is 92.1 Å². The standard InChI is InChI=1S/C22H21N/c1-15(2)23-21-11-9-16(3)13-19(21)20-14-18(10-12-22(20)23)17-7-5-4-6-8-17/h4-15H,1-3H3. The van der Waals surface area contributed by atoms with E-state index >= 15 is 0 Å². The van der Waals surface area contributed by atoms with E-state index in [1.54, 1.807) is 0 Å². The van der Waals surface area contributed by atoms with Crippen LogP contribution in [0.25, 0.3) is 32.9 Å². The maximum atomic E-state index is 2.44. The Labute approximate surface area is 137 Å². The Bertz CT molecular complexity index is 991. The van der Waals surface area contributed by atoms with Crippen molar-refractivity contribution in [2.24, 2.45) is 0 Å². The van der Waals surface area contributed by atoms with Gasteiger partial charge in [0.25, 0.3) is 0 Å². The van der Waals surface area contributed by atoms with Crippen LogP contribution in [0.1, 0.15) is 25.5 Å². The molecular weight excluding hydrogens is 278 g/mol. The summed E-state index contributed by atoms with van der Waals surface area (Å²) in [6, 6.07) is 24.7. The lowest BCUT2D eigenvalue weighted by atomic mass is 10.0. The van der Waals surface area contributed by atoms with Crippen molar-refractivity contribution in [1.82, 2.24) is 4.57 Å². The minimum Gasteiger partial charge on any atom is -0.338 e. The van der Waals surface area contributed by atoms with Gasteiger partial charge < -0.3 is 4.57 Å². The van der Waals surface area contributed by atoms with Crippen LogP contribution in [0.5, 0.6) is 0 Å². The van der Waals surface area contributed by atoms with E-state index in [0.29, 0.717) is 6.04 Å². The Morgan fingerprint density at radius 1 is 0.696 bits per heavy atom. The molecule has 23 heavy (non-hydrogen) atoms. The Morgan fingerprint density at radius 2 is 1.35 bits per heavy atom. The van der Waals surface area contributed by atoms with E-state index in [4.69, 9.17) is 0 Å². The van der Waals surface area contributed by atoms with Crippen LogP contribution in [0.2, 0.25) is 0 Å². The molecular formula is C22H21N. The molecule has 1 heteroatoms. The van der Waals surface area contributed by atoms with Gasteiger partial charge in [-0.25, -0.2) is 0 Å². The van der Waals surface area contributed by atoms with E-state index in [1.165, 1.54) is 38.5 Å². The van der Waals surface area contributed by atoms with Gasteiger partial charge in [0.2, 0.25) is 0 Å². The quantitative estimate of drug-likeness (QED) is 0.406. The second-order valence-corrected chi connectivity index (χ2v) is 6.58. The summed E-state index contributed by atoms with van der Waals surface area (Å²) in [5, 5.41) is 2.70. The van der Waals surface area contributed by atoms with Crippen molar-refractivity contribution in [3.05, 3.63) is 72.3 Å². The number of nitrogens with zero attached hydrogens (tertiary/aromatic N) is 1. The second kappa shape index (κ2) is 5.27. The first-order valence-corrected chi connectivity index (χ1v) is 8.25. The summed E-state index contributed by atoms with van der Waals surface area (Å²) < 4.78 is 2.44. The van der Waals surface area contributed by atoms with E-state index < -0.39 is 0 Å². The lowest BCUT2D eigenvalue weighted by Crippen LogP contribution is -1.99. The van der Waals surface area contributed by atoms with Gasteiger partial charge in [-0.3, -0.25) is 0 Å². The number of hydrogen-bond acceptors (Lipinski definition) is 0. The summed E-state index contributed by atoms with van der Waals surface area (Å²) in [7, 11) is 0. The Balaban J connectivity index is 2.08. The molecule has 0 atom stereocenters. The molecule has 1 nitrogen and oxygen atoms in total. The Hall–Kier alpha value is -2.54. The molecule has 0 bridgehead atoms. The highest BCUT2D eigenvalue weighted by Gasteiger charge is 2.13. The SMILES string of the molecule is Cc1ccc2c(c1)c1cc(-c3ccccc3)ccc1n2C(C)C. The second-order valence-electron chi connectivity index (χ2n) is 6.58. The minimum absolute atomic E-state index is 0.445. The monoisotopic (exact) mass is 299 g/mol. The fourth-order valence-corrected chi connectivity index (χ4v) is 3.53. The molecule has 0 fully saturated rings. The van der Waals surface area contributed by atoms with E-state index in [-0.39, 0.29) is 0 Å². The summed E-state index contributed by atoms with van der Waals surface area (Å²) in [5.74, 6) is 0. The Kier molecular flexibility index (Phi) is 3.23. The van der Waals surface area contributed by atoms with Gasteiger partial charge in [-0.05, 0) is 56.2 Å². The van der Waals surface area contributed by atoms with Crippen molar-refractivity contribution >= 4 is 21.8 Å². The molecule has 1 heterocycles. The number of hydrogen-bond donors (Lipinski definition) is 0. The smallest absolute Gasteiger partial charge is 0.0494 e. The maximum Gasteiger partial charge on any atom is 0.0494 e. The summed E-state index contributed by atoms with van der Waals surface area (Å²) in [5.41, 5.74) is 6.51. The van der Waals surface area contributed by atoms with Gasteiger partial charge in [0.1, 0.15) is 0 Å². The van der Waals surface area contributed by atoms with Crippen LogP contribution in [0.4, 0.5) is 0 Å². The third kappa shape index (κ3) is 2.24. The fraction of sp³-hybridized carbons (Fsp3) is 0.182. The summed E-state index contributed by atoms with van der Waals surface area (Å²) >= 11 is 0. The van der Waals surface area contributed by atoms with E-state index in [9.17, 15) is 0 Å². The highest BCUT2D eigenvalue weighted by atomic mass is 15.0. The normalized spacial score (nSPS) is 11.7. The topological polar surface area (TPSA) is 4.93 Å². The highest BCUT2D eigenvalue weighted by Crippen LogP contribution is 2.35. The van der Waals surface area contributed by atoms with Crippen LogP contribution in [0.15, 0.2) is 66.7 Å². The molecule has 0 amide bonds. The van der Waals surface area contributed by atoms with E-state index in [0.717, 1.165) is 0 Å². The van der Waals surface area contributed by atoms with Crippen LogP contribution in [-0.4, -0.2) is 4.57 Å². The zero-order valence-corrected chi connectivity index (χ0v) is 13.9. The van der Waals surface area contributed by atoms with Crippen molar-refractivity contribution in [2.45, 2.75) is 26.8 Å². The number of aromatic nitrogens is 1. The van der Waals surface area contributed by atoms with Gasteiger partial charge >= 0.3 is 0 Å². The number of rotatable bonds is 2. The van der Waals surface area contributed by atoms with Crippen molar-refractivity contribution in [1.29, 1.82) is 0 Å². The van der Waals surface area contributed by atoms with Gasteiger partial charge in [-0.2, -0.15) is 0 Å². The molecule has 0 aliphatic carbocycles. The molecule has 114 valence electrons. The minimum atomic E-state index is 0.445. The first-order valence-electron chi connectivity index (χ1n) is 8.25. The summed E-state index contributed by atoms with van der Waals surface area (Å²) in [6.07, 6.45) is 0. The van der Waals surface area contributed by atoms with Crippen molar-refractivity contribution in [3.63, 3.8) is 0 Å². The largest absolute Gasteiger partial charge is 0.338 e. The molecule has 0 N–H and O–H groups in total. The molecule has 4 rings (SSSR count). The lowest BCUT2D eigenvalue weighted by Gasteiger charge is -2.11. The molecule has 0 radical (unpaired) electrons. The maximum absolute atomic E-state index is 2.44. The zero-order valence-electron chi connectivity index (χ0n) is 13.9. The molecule has 0 saturated heterocycles. The summed E-state index contributed by atoms with van der Waals surface area (Å²) in [4.78, 5) is 0. The van der Waals surface area contributed by atoms with Crippen molar-refractivity contribution < 1.29 is 0 Å². The molecule has 0 unspecified atom stereocenters. The third-order valence-electron chi connectivity index (χ3n) is 4.58. The van der Waals surface area contributed by atoms with Gasteiger partial charge in [-0.1, -0.05) is 48.0 Å². The molecule has 0 spiro atoms. The molecule has 3 aromatic carbocycles. The van der Waals surface area contributed by atoms with E-state index in [1.807, 2.05) is 0 Å². The van der Waals surface area contributed by atoms with Gasteiger partial charge in [0.15, 0.2) is 0 Å². The molecule has 0 aliphatic heterocycles. The van der Waals surface area contributed by atoms with Crippen molar-refractivity contribution in [3.8, 4) is 11.1 Å². The predicted molar refractivity (Wildman–Crippen MR) is 100 cm³/mol. The Morgan fingerprint density at radius 3 is 2.04 bits per heavy atom. The molecule has 4 aromatic rings. The first-order chi connectivity index (χ1) is 11.1.